The molecule has 3 atom stereocenters. The van der Waals surface area contributed by atoms with Gasteiger partial charge in [0.25, 0.3) is 0 Å². The molecule has 4 nitrogen and oxygen atoms in total. The molecule has 2 unspecified atom stereocenters. The summed E-state index contributed by atoms with van der Waals surface area (Å²) in [7, 11) is 0. The number of amides is 1. The van der Waals surface area contributed by atoms with Crippen LogP contribution in [0.3, 0.4) is 0 Å². The lowest BCUT2D eigenvalue weighted by Crippen LogP contribution is -2.48. The van der Waals surface area contributed by atoms with Gasteiger partial charge in [-0.15, -0.1) is 0 Å². The van der Waals surface area contributed by atoms with Crippen molar-refractivity contribution in [2.45, 2.75) is 58.8 Å². The van der Waals surface area contributed by atoms with E-state index in [9.17, 15) is 9.90 Å². The predicted molar refractivity (Wildman–Crippen MR) is 93.3 cm³/mol. The van der Waals surface area contributed by atoms with Gasteiger partial charge in [0, 0.05) is 5.92 Å². The Morgan fingerprint density at radius 2 is 1.91 bits per heavy atom. The number of aliphatic hydroxyl groups is 1. The van der Waals surface area contributed by atoms with E-state index in [1.165, 1.54) is 0 Å². The molecule has 23 heavy (non-hydrogen) atoms. The van der Waals surface area contributed by atoms with Crippen LogP contribution in [0, 0.1) is 5.92 Å². The highest BCUT2D eigenvalue weighted by Crippen LogP contribution is 2.15. The van der Waals surface area contributed by atoms with Crippen molar-refractivity contribution in [1.82, 2.24) is 5.32 Å². The zero-order valence-corrected chi connectivity index (χ0v) is 14.7. The Balaban J connectivity index is 2.85. The fraction of sp³-hybridized carbons (Fsp3) is 0.526. The first-order chi connectivity index (χ1) is 10.7. The highest BCUT2D eigenvalue weighted by Gasteiger charge is 2.27. The topological polar surface area (TPSA) is 58.6 Å². The van der Waals surface area contributed by atoms with Gasteiger partial charge in [-0.25, -0.2) is 4.79 Å². The maximum absolute atomic E-state index is 12.1. The highest BCUT2D eigenvalue weighted by molar-refractivity contribution is 5.68. The summed E-state index contributed by atoms with van der Waals surface area (Å²) in [6.07, 6.45) is 3.17. The van der Waals surface area contributed by atoms with Crippen LogP contribution in [0.1, 0.15) is 40.2 Å². The second kappa shape index (κ2) is 8.73. The van der Waals surface area contributed by atoms with Crippen LogP contribution in [0.25, 0.3) is 0 Å². The molecular weight excluding hydrogens is 290 g/mol. The highest BCUT2D eigenvalue weighted by atomic mass is 16.6. The van der Waals surface area contributed by atoms with E-state index < -0.39 is 23.8 Å². The minimum absolute atomic E-state index is 0.0661. The van der Waals surface area contributed by atoms with Crippen LogP contribution < -0.4 is 5.32 Å². The largest absolute Gasteiger partial charge is 0.444 e. The van der Waals surface area contributed by atoms with Crippen molar-refractivity contribution in [2.75, 3.05) is 0 Å². The third-order valence-corrected chi connectivity index (χ3v) is 3.45. The second-order valence-electron chi connectivity index (χ2n) is 6.82. The molecule has 0 fully saturated rings. The third-order valence-electron chi connectivity index (χ3n) is 3.45. The molecule has 0 radical (unpaired) electrons. The number of benzene rings is 1. The Labute approximate surface area is 139 Å². The number of hydrogen-bond donors (Lipinski definition) is 2. The standard InChI is InChI=1S/C19H29NO3/c1-6-10-14(2)17(21)16(13-15-11-8-7-9-12-15)20-18(22)23-19(3,4)5/h6-12,14,16-17,21H,13H2,1-5H3,(H,20,22)/b10-6+/t14?,16-,17?/m0/s1. The van der Waals surface area contributed by atoms with E-state index in [-0.39, 0.29) is 5.92 Å². The van der Waals surface area contributed by atoms with Crippen LogP contribution in [0.4, 0.5) is 4.79 Å². The number of carbonyl (C=O) groups is 1. The Hall–Kier alpha value is -1.81. The molecule has 1 aromatic rings. The van der Waals surface area contributed by atoms with Crippen LogP contribution in [-0.2, 0) is 11.2 Å². The lowest BCUT2D eigenvalue weighted by molar-refractivity contribution is 0.0379. The van der Waals surface area contributed by atoms with E-state index in [1.807, 2.05) is 77.1 Å². The molecule has 128 valence electrons. The summed E-state index contributed by atoms with van der Waals surface area (Å²) in [5.74, 6) is -0.0661. The smallest absolute Gasteiger partial charge is 0.407 e. The molecule has 0 aromatic heterocycles. The van der Waals surface area contributed by atoms with E-state index >= 15 is 0 Å². The number of rotatable bonds is 6. The van der Waals surface area contributed by atoms with Gasteiger partial charge in [-0.05, 0) is 39.7 Å². The van der Waals surface area contributed by atoms with Gasteiger partial charge < -0.3 is 15.2 Å². The molecule has 1 aromatic carbocycles. The van der Waals surface area contributed by atoms with E-state index in [4.69, 9.17) is 4.74 Å². The first-order valence-corrected chi connectivity index (χ1v) is 8.07. The summed E-state index contributed by atoms with van der Waals surface area (Å²) in [4.78, 5) is 12.1. The maximum atomic E-state index is 12.1. The fourth-order valence-corrected chi connectivity index (χ4v) is 2.37. The van der Waals surface area contributed by atoms with E-state index in [0.29, 0.717) is 6.42 Å². The third kappa shape index (κ3) is 7.33. The molecule has 0 saturated carbocycles. The number of alkyl carbamates (subject to hydrolysis) is 1. The Morgan fingerprint density at radius 1 is 1.30 bits per heavy atom. The molecule has 0 spiro atoms. The summed E-state index contributed by atoms with van der Waals surface area (Å²) in [6, 6.07) is 9.38. The molecule has 0 heterocycles. The van der Waals surface area contributed by atoms with Gasteiger partial charge in [-0.1, -0.05) is 49.4 Å². The SMILES string of the molecule is C/C=C/C(C)C(O)[C@H](Cc1ccccc1)NC(=O)OC(C)(C)C. The Bertz CT molecular complexity index is 505. The molecule has 0 saturated heterocycles. The summed E-state index contributed by atoms with van der Waals surface area (Å²) in [5.41, 5.74) is 0.488. The molecular formula is C19H29NO3. The Morgan fingerprint density at radius 3 is 2.43 bits per heavy atom. The van der Waals surface area contributed by atoms with Gasteiger partial charge in [0.05, 0.1) is 12.1 Å². The van der Waals surface area contributed by atoms with Gasteiger partial charge in [0.2, 0.25) is 0 Å². The van der Waals surface area contributed by atoms with Crippen LogP contribution >= 0.6 is 0 Å². The fourth-order valence-electron chi connectivity index (χ4n) is 2.37. The van der Waals surface area contributed by atoms with E-state index in [0.717, 1.165) is 5.56 Å². The molecule has 0 bridgehead atoms. The Kier molecular flexibility index (Phi) is 7.30. The monoisotopic (exact) mass is 319 g/mol. The summed E-state index contributed by atoms with van der Waals surface area (Å²) in [5, 5.41) is 13.4. The maximum Gasteiger partial charge on any atom is 0.407 e. The van der Waals surface area contributed by atoms with Crippen LogP contribution in [0.15, 0.2) is 42.5 Å². The quantitative estimate of drug-likeness (QED) is 0.786. The molecule has 1 rings (SSSR count). The molecule has 0 aliphatic heterocycles. The van der Waals surface area contributed by atoms with Gasteiger partial charge in [0.1, 0.15) is 5.60 Å². The number of ether oxygens (including phenoxy) is 1. The van der Waals surface area contributed by atoms with Gasteiger partial charge in [0.15, 0.2) is 0 Å². The number of hydrogen-bond acceptors (Lipinski definition) is 3. The zero-order chi connectivity index (χ0) is 17.5. The molecule has 0 aliphatic carbocycles. The van der Waals surface area contributed by atoms with E-state index in [1.54, 1.807) is 0 Å². The zero-order valence-electron chi connectivity index (χ0n) is 14.7. The van der Waals surface area contributed by atoms with Crippen molar-refractivity contribution in [3.05, 3.63) is 48.0 Å². The summed E-state index contributed by atoms with van der Waals surface area (Å²) in [6.45, 7) is 9.29. The van der Waals surface area contributed by atoms with Gasteiger partial charge in [-0.2, -0.15) is 0 Å². The van der Waals surface area contributed by atoms with Crippen molar-refractivity contribution in [3.8, 4) is 0 Å². The van der Waals surface area contributed by atoms with Crippen molar-refractivity contribution >= 4 is 6.09 Å². The normalized spacial score (nSPS) is 15.9. The van der Waals surface area contributed by atoms with Crippen molar-refractivity contribution in [3.63, 3.8) is 0 Å². The van der Waals surface area contributed by atoms with Crippen LogP contribution in [-0.4, -0.2) is 28.9 Å². The van der Waals surface area contributed by atoms with E-state index in [2.05, 4.69) is 5.32 Å². The molecule has 2 N–H and O–H groups in total. The lowest BCUT2D eigenvalue weighted by Gasteiger charge is -2.29. The van der Waals surface area contributed by atoms with Crippen molar-refractivity contribution in [2.24, 2.45) is 5.92 Å². The molecule has 1 amide bonds. The number of nitrogens with one attached hydrogen (secondary N) is 1. The minimum Gasteiger partial charge on any atom is -0.444 e. The van der Waals surface area contributed by atoms with Crippen LogP contribution in [0.2, 0.25) is 0 Å². The summed E-state index contributed by atoms with van der Waals surface area (Å²) < 4.78 is 5.32. The molecule has 0 aliphatic rings. The average molecular weight is 319 g/mol. The first-order valence-electron chi connectivity index (χ1n) is 8.07. The average Bonchev–Trinajstić information content (AvgIpc) is 2.45. The predicted octanol–water partition coefficient (Wildman–Crippen LogP) is 3.70. The van der Waals surface area contributed by atoms with Crippen LogP contribution in [0.5, 0.6) is 0 Å². The molecule has 4 heteroatoms. The van der Waals surface area contributed by atoms with Gasteiger partial charge in [-0.3, -0.25) is 0 Å². The van der Waals surface area contributed by atoms with Crippen molar-refractivity contribution < 1.29 is 14.6 Å². The number of carbonyl (C=O) groups excluding carboxylic acids is 1. The second-order valence-corrected chi connectivity index (χ2v) is 6.82. The van der Waals surface area contributed by atoms with Crippen molar-refractivity contribution in [1.29, 1.82) is 0 Å². The van der Waals surface area contributed by atoms with Gasteiger partial charge >= 0.3 is 6.09 Å². The summed E-state index contributed by atoms with van der Waals surface area (Å²) >= 11 is 0. The number of aliphatic hydroxyl groups excluding tert-OH is 1. The minimum atomic E-state index is -0.695. The number of allylic oxidation sites excluding steroid dienone is 1. The lowest BCUT2D eigenvalue weighted by atomic mass is 9.92. The first kappa shape index (κ1) is 19.2.